The molecule has 0 aliphatic heterocycles. The molecule has 1 atom stereocenters. The fraction of sp³-hybridized carbons (Fsp3) is 0.636. The Bertz CT molecular complexity index is 341. The van der Waals surface area contributed by atoms with E-state index in [9.17, 15) is 4.79 Å². The monoisotopic (exact) mass is 225 g/mol. The van der Waals surface area contributed by atoms with Crippen LogP contribution in [-0.2, 0) is 7.05 Å². The van der Waals surface area contributed by atoms with Gasteiger partial charge in [-0.2, -0.15) is 5.10 Å². The van der Waals surface area contributed by atoms with E-state index in [-0.39, 0.29) is 18.6 Å². The molecule has 1 aromatic heterocycles. The highest BCUT2D eigenvalue weighted by atomic mass is 16.3. The van der Waals surface area contributed by atoms with Crippen molar-refractivity contribution in [2.45, 2.75) is 32.7 Å². The highest BCUT2D eigenvalue weighted by Crippen LogP contribution is 2.03. The van der Waals surface area contributed by atoms with Crippen LogP contribution >= 0.6 is 0 Å². The van der Waals surface area contributed by atoms with Gasteiger partial charge >= 0.3 is 0 Å². The Balaban J connectivity index is 2.52. The van der Waals surface area contributed by atoms with Gasteiger partial charge in [0.2, 0.25) is 0 Å². The molecule has 0 aliphatic carbocycles. The Morgan fingerprint density at radius 2 is 2.38 bits per heavy atom. The summed E-state index contributed by atoms with van der Waals surface area (Å²) < 4.78 is 1.67. The number of aryl methyl sites for hydroxylation is 2. The van der Waals surface area contributed by atoms with Crippen molar-refractivity contribution in [3.8, 4) is 0 Å². The largest absolute Gasteiger partial charge is 0.396 e. The molecule has 0 radical (unpaired) electrons. The molecule has 1 rings (SSSR count). The summed E-state index contributed by atoms with van der Waals surface area (Å²) in [5.41, 5.74) is 1.39. The maximum absolute atomic E-state index is 11.7. The predicted molar refractivity (Wildman–Crippen MR) is 61.2 cm³/mol. The van der Waals surface area contributed by atoms with Crippen LogP contribution in [0.25, 0.3) is 0 Å². The number of rotatable bonds is 5. The fourth-order valence-electron chi connectivity index (χ4n) is 1.44. The van der Waals surface area contributed by atoms with Gasteiger partial charge in [-0.1, -0.05) is 0 Å². The van der Waals surface area contributed by atoms with Crippen molar-refractivity contribution in [1.82, 2.24) is 15.1 Å². The first kappa shape index (κ1) is 12.7. The van der Waals surface area contributed by atoms with E-state index in [0.29, 0.717) is 12.1 Å². The Labute approximate surface area is 95.5 Å². The minimum absolute atomic E-state index is 0.0574. The normalized spacial score (nSPS) is 12.5. The van der Waals surface area contributed by atoms with Gasteiger partial charge in [0.15, 0.2) is 0 Å². The standard InChI is InChI=1S/C11H19N3O2/c1-8(5-4-6-15)12-11(16)10-7-9(2)14(3)13-10/h7-8,15H,4-6H2,1-3H3,(H,12,16). The number of aliphatic hydroxyl groups excluding tert-OH is 1. The van der Waals surface area contributed by atoms with Gasteiger partial charge in [0.1, 0.15) is 5.69 Å². The maximum atomic E-state index is 11.7. The molecule has 0 bridgehead atoms. The molecule has 90 valence electrons. The van der Waals surface area contributed by atoms with Crippen molar-refractivity contribution >= 4 is 5.91 Å². The molecule has 0 spiro atoms. The van der Waals surface area contributed by atoms with E-state index in [4.69, 9.17) is 5.11 Å². The molecule has 0 saturated heterocycles. The van der Waals surface area contributed by atoms with Crippen molar-refractivity contribution in [3.63, 3.8) is 0 Å². The van der Waals surface area contributed by atoms with Gasteiger partial charge in [-0.05, 0) is 32.8 Å². The van der Waals surface area contributed by atoms with Gasteiger partial charge in [0.05, 0.1) is 0 Å². The van der Waals surface area contributed by atoms with Gasteiger partial charge in [0.25, 0.3) is 5.91 Å². The quantitative estimate of drug-likeness (QED) is 0.772. The first-order valence-electron chi connectivity index (χ1n) is 5.47. The Kier molecular flexibility index (Phi) is 4.49. The number of aliphatic hydroxyl groups is 1. The first-order chi connectivity index (χ1) is 7.54. The summed E-state index contributed by atoms with van der Waals surface area (Å²) in [5, 5.41) is 15.6. The molecule has 2 N–H and O–H groups in total. The second kappa shape index (κ2) is 5.65. The van der Waals surface area contributed by atoms with E-state index in [1.54, 1.807) is 17.8 Å². The third-order valence-electron chi connectivity index (χ3n) is 2.52. The van der Waals surface area contributed by atoms with E-state index in [0.717, 1.165) is 12.1 Å². The van der Waals surface area contributed by atoms with E-state index < -0.39 is 0 Å². The van der Waals surface area contributed by atoms with Crippen molar-refractivity contribution in [2.24, 2.45) is 7.05 Å². The van der Waals surface area contributed by atoms with E-state index in [1.165, 1.54) is 0 Å². The molecule has 0 saturated carbocycles. The van der Waals surface area contributed by atoms with Crippen LogP contribution < -0.4 is 5.32 Å². The van der Waals surface area contributed by atoms with E-state index in [1.807, 2.05) is 13.8 Å². The average Bonchev–Trinajstić information content (AvgIpc) is 2.56. The summed E-state index contributed by atoms with van der Waals surface area (Å²) in [6, 6.07) is 1.82. The Morgan fingerprint density at radius 1 is 1.69 bits per heavy atom. The molecule has 1 amide bonds. The minimum Gasteiger partial charge on any atom is -0.396 e. The zero-order chi connectivity index (χ0) is 12.1. The lowest BCUT2D eigenvalue weighted by Crippen LogP contribution is -2.33. The van der Waals surface area contributed by atoms with Crippen LogP contribution in [0.4, 0.5) is 0 Å². The number of aromatic nitrogens is 2. The van der Waals surface area contributed by atoms with E-state index >= 15 is 0 Å². The molecular formula is C11H19N3O2. The molecule has 5 nitrogen and oxygen atoms in total. The van der Waals surface area contributed by atoms with Crippen LogP contribution in [-0.4, -0.2) is 33.4 Å². The van der Waals surface area contributed by atoms with Crippen molar-refractivity contribution in [1.29, 1.82) is 0 Å². The van der Waals surface area contributed by atoms with Crippen LogP contribution in [0, 0.1) is 6.92 Å². The van der Waals surface area contributed by atoms with Crippen LogP contribution in [0.1, 0.15) is 35.9 Å². The minimum atomic E-state index is -0.158. The van der Waals surface area contributed by atoms with Crippen LogP contribution in [0.5, 0.6) is 0 Å². The van der Waals surface area contributed by atoms with Gasteiger partial charge in [-0.3, -0.25) is 9.48 Å². The van der Waals surface area contributed by atoms with Gasteiger partial charge in [0, 0.05) is 25.4 Å². The maximum Gasteiger partial charge on any atom is 0.271 e. The van der Waals surface area contributed by atoms with Crippen molar-refractivity contribution in [3.05, 3.63) is 17.5 Å². The SMILES string of the molecule is Cc1cc(C(=O)NC(C)CCCO)nn1C. The third-order valence-corrected chi connectivity index (χ3v) is 2.52. The average molecular weight is 225 g/mol. The van der Waals surface area contributed by atoms with Gasteiger partial charge in [-0.25, -0.2) is 0 Å². The van der Waals surface area contributed by atoms with Crippen molar-refractivity contribution < 1.29 is 9.90 Å². The summed E-state index contributed by atoms with van der Waals surface area (Å²) >= 11 is 0. The molecule has 0 aromatic carbocycles. The number of carbonyl (C=O) groups is 1. The van der Waals surface area contributed by atoms with Crippen molar-refractivity contribution in [2.75, 3.05) is 6.61 Å². The molecule has 1 heterocycles. The van der Waals surface area contributed by atoms with Crippen LogP contribution in [0.3, 0.4) is 0 Å². The Morgan fingerprint density at radius 3 is 2.88 bits per heavy atom. The molecule has 1 aromatic rings. The second-order valence-corrected chi connectivity index (χ2v) is 4.03. The fourth-order valence-corrected chi connectivity index (χ4v) is 1.44. The molecule has 0 aliphatic rings. The Hall–Kier alpha value is -1.36. The second-order valence-electron chi connectivity index (χ2n) is 4.03. The zero-order valence-corrected chi connectivity index (χ0v) is 10.0. The number of hydrogen-bond donors (Lipinski definition) is 2. The highest BCUT2D eigenvalue weighted by Gasteiger charge is 2.13. The lowest BCUT2D eigenvalue weighted by Gasteiger charge is -2.11. The van der Waals surface area contributed by atoms with Gasteiger partial charge in [-0.15, -0.1) is 0 Å². The number of nitrogens with zero attached hydrogens (tertiary/aromatic N) is 2. The molecule has 1 unspecified atom stereocenters. The van der Waals surface area contributed by atoms with Crippen LogP contribution in [0.15, 0.2) is 6.07 Å². The number of amides is 1. The summed E-state index contributed by atoms with van der Waals surface area (Å²) in [7, 11) is 1.81. The zero-order valence-electron chi connectivity index (χ0n) is 10.0. The summed E-state index contributed by atoms with van der Waals surface area (Å²) in [6.45, 7) is 3.98. The molecule has 0 fully saturated rings. The molecule has 16 heavy (non-hydrogen) atoms. The van der Waals surface area contributed by atoms with Gasteiger partial charge < -0.3 is 10.4 Å². The summed E-state index contributed by atoms with van der Waals surface area (Å²) in [6.07, 6.45) is 1.47. The molecular weight excluding hydrogens is 206 g/mol. The van der Waals surface area contributed by atoms with E-state index in [2.05, 4.69) is 10.4 Å². The number of hydrogen-bond acceptors (Lipinski definition) is 3. The third kappa shape index (κ3) is 3.34. The predicted octanol–water partition coefficient (Wildman–Crippen LogP) is 0.619. The highest BCUT2D eigenvalue weighted by molar-refractivity contribution is 5.92. The smallest absolute Gasteiger partial charge is 0.271 e. The lowest BCUT2D eigenvalue weighted by molar-refractivity contribution is 0.0930. The number of carbonyl (C=O) groups excluding carboxylic acids is 1. The summed E-state index contributed by atoms with van der Waals surface area (Å²) in [4.78, 5) is 11.7. The number of nitrogens with one attached hydrogen (secondary N) is 1. The lowest BCUT2D eigenvalue weighted by atomic mass is 10.2. The molecule has 5 heteroatoms. The first-order valence-corrected chi connectivity index (χ1v) is 5.47. The topological polar surface area (TPSA) is 67.2 Å². The summed E-state index contributed by atoms with van der Waals surface area (Å²) in [5.74, 6) is -0.158. The van der Waals surface area contributed by atoms with Crippen LogP contribution in [0.2, 0.25) is 0 Å².